The topological polar surface area (TPSA) is 62.8 Å². The van der Waals surface area contributed by atoms with Crippen molar-refractivity contribution in [3.8, 4) is 11.5 Å². The molecular formula is C18H20ClN3O3. The molecule has 1 heterocycles. The first-order valence-electron chi connectivity index (χ1n) is 7.90. The predicted molar refractivity (Wildman–Crippen MR) is 97.5 cm³/mol. The van der Waals surface area contributed by atoms with Gasteiger partial charge in [-0.2, -0.15) is 0 Å². The number of nitrogens with zero attached hydrogens (tertiary/aromatic N) is 1. The van der Waals surface area contributed by atoms with Gasteiger partial charge in [0, 0.05) is 23.3 Å². The van der Waals surface area contributed by atoms with Gasteiger partial charge < -0.3 is 25.0 Å². The average molecular weight is 362 g/mol. The van der Waals surface area contributed by atoms with Crippen LogP contribution in [0.5, 0.6) is 11.5 Å². The summed E-state index contributed by atoms with van der Waals surface area (Å²) in [6, 6.07) is 12.6. The quantitative estimate of drug-likeness (QED) is 0.855. The number of benzene rings is 2. The third-order valence-electron chi connectivity index (χ3n) is 3.97. The van der Waals surface area contributed by atoms with Crippen LogP contribution < -0.4 is 20.1 Å². The minimum absolute atomic E-state index is 0.0313. The maximum atomic E-state index is 12.2. The lowest BCUT2D eigenvalue weighted by Crippen LogP contribution is -2.37. The van der Waals surface area contributed by atoms with Crippen LogP contribution >= 0.6 is 11.6 Å². The number of nitrogens with one attached hydrogen (secondary N) is 2. The lowest BCUT2D eigenvalue weighted by atomic mass is 10.1. The number of amides is 2. The van der Waals surface area contributed by atoms with E-state index in [2.05, 4.69) is 10.6 Å². The van der Waals surface area contributed by atoms with Crippen LogP contribution in [-0.4, -0.2) is 38.4 Å². The summed E-state index contributed by atoms with van der Waals surface area (Å²) < 4.78 is 10.6. The molecule has 0 fully saturated rings. The van der Waals surface area contributed by atoms with Gasteiger partial charge >= 0.3 is 6.03 Å². The van der Waals surface area contributed by atoms with Gasteiger partial charge in [0.2, 0.25) is 6.79 Å². The number of rotatable bonds is 5. The first-order valence-corrected chi connectivity index (χ1v) is 8.28. The highest BCUT2D eigenvalue weighted by atomic mass is 35.5. The smallest absolute Gasteiger partial charge is 0.319 e. The molecule has 0 saturated heterocycles. The zero-order valence-electron chi connectivity index (χ0n) is 14.1. The van der Waals surface area contributed by atoms with Gasteiger partial charge in [-0.05, 0) is 37.9 Å². The summed E-state index contributed by atoms with van der Waals surface area (Å²) >= 11 is 6.28. The molecule has 2 aromatic carbocycles. The van der Waals surface area contributed by atoms with Gasteiger partial charge in [0.15, 0.2) is 11.5 Å². The first-order chi connectivity index (χ1) is 12.0. The molecule has 7 heteroatoms. The van der Waals surface area contributed by atoms with E-state index < -0.39 is 0 Å². The summed E-state index contributed by atoms with van der Waals surface area (Å²) in [4.78, 5) is 14.2. The molecule has 2 aromatic rings. The summed E-state index contributed by atoms with van der Waals surface area (Å²) in [5.41, 5.74) is 1.61. The third kappa shape index (κ3) is 4.15. The Hall–Kier alpha value is -2.44. The number of urea groups is 1. The number of carbonyl (C=O) groups excluding carboxylic acids is 1. The number of halogens is 1. The number of carbonyl (C=O) groups is 1. The first kappa shape index (κ1) is 17.4. The van der Waals surface area contributed by atoms with E-state index in [4.69, 9.17) is 21.1 Å². The SMILES string of the molecule is CN(C)C(CNC(=O)Nc1ccc2c(c1)OCO2)c1ccccc1Cl. The van der Waals surface area contributed by atoms with E-state index in [0.29, 0.717) is 28.8 Å². The molecule has 3 rings (SSSR count). The summed E-state index contributed by atoms with van der Waals surface area (Å²) in [6.45, 7) is 0.625. The second kappa shape index (κ2) is 7.63. The maximum Gasteiger partial charge on any atom is 0.319 e. The van der Waals surface area contributed by atoms with Crippen LogP contribution in [-0.2, 0) is 0 Å². The highest BCUT2D eigenvalue weighted by molar-refractivity contribution is 6.31. The second-order valence-corrected chi connectivity index (χ2v) is 6.31. The van der Waals surface area contributed by atoms with Crippen LogP contribution in [0.4, 0.5) is 10.5 Å². The highest BCUT2D eigenvalue weighted by Crippen LogP contribution is 2.34. The van der Waals surface area contributed by atoms with Gasteiger partial charge in [0.05, 0.1) is 6.04 Å². The molecular weight excluding hydrogens is 342 g/mol. The number of hydrogen-bond donors (Lipinski definition) is 2. The third-order valence-corrected chi connectivity index (χ3v) is 4.32. The molecule has 25 heavy (non-hydrogen) atoms. The van der Waals surface area contributed by atoms with E-state index in [-0.39, 0.29) is 18.9 Å². The van der Waals surface area contributed by atoms with Crippen molar-refractivity contribution < 1.29 is 14.3 Å². The zero-order chi connectivity index (χ0) is 17.8. The molecule has 0 aromatic heterocycles. The molecule has 2 amide bonds. The van der Waals surface area contributed by atoms with Crippen LogP contribution in [0, 0.1) is 0 Å². The van der Waals surface area contributed by atoms with Gasteiger partial charge in [-0.1, -0.05) is 29.8 Å². The zero-order valence-corrected chi connectivity index (χ0v) is 14.8. The highest BCUT2D eigenvalue weighted by Gasteiger charge is 2.18. The molecule has 1 atom stereocenters. The standard InChI is InChI=1S/C18H20ClN3O3/c1-22(2)15(13-5-3-4-6-14(13)19)10-20-18(23)21-12-7-8-16-17(9-12)25-11-24-16/h3-9,15H,10-11H2,1-2H3,(H2,20,21,23). The fourth-order valence-corrected chi connectivity index (χ4v) is 2.92. The lowest BCUT2D eigenvalue weighted by Gasteiger charge is -2.26. The number of hydrogen-bond acceptors (Lipinski definition) is 4. The Morgan fingerprint density at radius 1 is 1.20 bits per heavy atom. The summed E-state index contributed by atoms with van der Waals surface area (Å²) in [7, 11) is 3.90. The molecule has 132 valence electrons. The van der Waals surface area contributed by atoms with E-state index in [1.807, 2.05) is 43.3 Å². The molecule has 2 N–H and O–H groups in total. The Balaban J connectivity index is 1.61. The van der Waals surface area contributed by atoms with E-state index >= 15 is 0 Å². The summed E-state index contributed by atoms with van der Waals surface area (Å²) in [5, 5.41) is 6.36. The summed E-state index contributed by atoms with van der Waals surface area (Å²) in [5.74, 6) is 1.30. The molecule has 1 aliphatic heterocycles. The summed E-state index contributed by atoms with van der Waals surface area (Å²) in [6.07, 6.45) is 0. The molecule has 0 bridgehead atoms. The van der Waals surface area contributed by atoms with Crippen molar-refractivity contribution in [3.05, 3.63) is 53.1 Å². The van der Waals surface area contributed by atoms with Gasteiger partial charge in [-0.15, -0.1) is 0 Å². The number of likely N-dealkylation sites (N-methyl/N-ethyl adjacent to an activating group) is 1. The maximum absolute atomic E-state index is 12.2. The number of ether oxygens (including phenoxy) is 2. The average Bonchev–Trinajstić information content (AvgIpc) is 3.04. The van der Waals surface area contributed by atoms with Crippen molar-refractivity contribution in [2.24, 2.45) is 0 Å². The number of fused-ring (bicyclic) bond motifs is 1. The van der Waals surface area contributed by atoms with Crippen molar-refractivity contribution in [3.63, 3.8) is 0 Å². The molecule has 1 aliphatic rings. The van der Waals surface area contributed by atoms with E-state index in [0.717, 1.165) is 5.56 Å². The lowest BCUT2D eigenvalue weighted by molar-refractivity contribution is 0.174. The molecule has 0 spiro atoms. The van der Waals surface area contributed by atoms with Crippen molar-refractivity contribution >= 4 is 23.3 Å². The van der Waals surface area contributed by atoms with Crippen LogP contribution in [0.1, 0.15) is 11.6 Å². The Morgan fingerprint density at radius 3 is 2.72 bits per heavy atom. The van der Waals surface area contributed by atoms with Crippen LogP contribution in [0.3, 0.4) is 0 Å². The van der Waals surface area contributed by atoms with Crippen molar-refractivity contribution in [1.29, 1.82) is 0 Å². The minimum atomic E-state index is -0.294. The van der Waals surface area contributed by atoms with Crippen LogP contribution in [0.25, 0.3) is 0 Å². The van der Waals surface area contributed by atoms with E-state index in [9.17, 15) is 4.79 Å². The Kier molecular flexibility index (Phi) is 5.31. The fourth-order valence-electron chi connectivity index (χ4n) is 2.65. The fraction of sp³-hybridized carbons (Fsp3) is 0.278. The Bertz CT molecular complexity index is 767. The molecule has 1 unspecified atom stereocenters. The monoisotopic (exact) mass is 361 g/mol. The van der Waals surface area contributed by atoms with Crippen LogP contribution in [0.15, 0.2) is 42.5 Å². The van der Waals surface area contributed by atoms with Crippen LogP contribution in [0.2, 0.25) is 5.02 Å². The molecule has 0 radical (unpaired) electrons. The molecule has 0 saturated carbocycles. The van der Waals surface area contributed by atoms with Crippen molar-refractivity contribution in [2.45, 2.75) is 6.04 Å². The molecule has 0 aliphatic carbocycles. The largest absolute Gasteiger partial charge is 0.454 e. The Morgan fingerprint density at radius 2 is 1.96 bits per heavy atom. The minimum Gasteiger partial charge on any atom is -0.454 e. The number of anilines is 1. The second-order valence-electron chi connectivity index (χ2n) is 5.90. The Labute approximate surface area is 151 Å². The van der Waals surface area contributed by atoms with E-state index in [1.165, 1.54) is 0 Å². The van der Waals surface area contributed by atoms with Gasteiger partial charge in [-0.25, -0.2) is 4.79 Å². The normalized spacial score (nSPS) is 13.6. The molecule has 6 nitrogen and oxygen atoms in total. The van der Waals surface area contributed by atoms with E-state index in [1.54, 1.807) is 18.2 Å². The van der Waals surface area contributed by atoms with Gasteiger partial charge in [0.25, 0.3) is 0 Å². The van der Waals surface area contributed by atoms with Gasteiger partial charge in [-0.3, -0.25) is 0 Å². The van der Waals surface area contributed by atoms with Crippen molar-refractivity contribution in [2.75, 3.05) is 32.7 Å². The van der Waals surface area contributed by atoms with Crippen molar-refractivity contribution in [1.82, 2.24) is 10.2 Å². The van der Waals surface area contributed by atoms with Gasteiger partial charge in [0.1, 0.15) is 0 Å². The predicted octanol–water partition coefficient (Wildman–Crippen LogP) is 3.49.